The third-order valence-electron chi connectivity index (χ3n) is 2.51. The number of thiol groups is 1. The molecular formula is C12H12O2S2. The van der Waals surface area contributed by atoms with Gasteiger partial charge in [0.15, 0.2) is 9.84 Å². The highest BCUT2D eigenvalue weighted by Gasteiger charge is 2.21. The van der Waals surface area contributed by atoms with E-state index in [0.29, 0.717) is 4.90 Å². The van der Waals surface area contributed by atoms with Crippen LogP contribution in [0.5, 0.6) is 0 Å². The van der Waals surface area contributed by atoms with Crippen molar-refractivity contribution in [2.24, 2.45) is 0 Å². The number of rotatable bonds is 2. The second-order valence-electron chi connectivity index (χ2n) is 3.62. The Morgan fingerprint density at radius 2 is 1.69 bits per heavy atom. The van der Waals surface area contributed by atoms with Gasteiger partial charge in [0.25, 0.3) is 0 Å². The fourth-order valence-corrected chi connectivity index (χ4v) is 3.10. The minimum Gasteiger partial charge on any atom is -0.223 e. The van der Waals surface area contributed by atoms with Gasteiger partial charge in [-0.3, -0.25) is 0 Å². The molecular weight excluding hydrogens is 240 g/mol. The second kappa shape index (κ2) is 4.11. The third-order valence-corrected chi connectivity index (χ3v) is 5.21. The van der Waals surface area contributed by atoms with Gasteiger partial charge in [-0.1, -0.05) is 36.4 Å². The number of benzene rings is 2. The highest BCUT2D eigenvalue weighted by molar-refractivity contribution is 8.05. The Balaban J connectivity index is 2.80. The fourth-order valence-electron chi connectivity index (χ4n) is 1.63. The number of sulfone groups is 1. The van der Waals surface area contributed by atoms with Crippen LogP contribution in [-0.2, 0) is 9.84 Å². The van der Waals surface area contributed by atoms with Crippen molar-refractivity contribution < 1.29 is 8.42 Å². The maximum atomic E-state index is 12.1. The molecule has 4 heteroatoms. The van der Waals surface area contributed by atoms with Crippen molar-refractivity contribution in [2.45, 2.75) is 16.4 Å². The number of hydrogen-bond donors (Lipinski definition) is 1. The molecule has 0 N–H and O–H groups in total. The first-order chi connectivity index (χ1) is 7.53. The third kappa shape index (κ3) is 1.83. The van der Waals surface area contributed by atoms with E-state index in [1.54, 1.807) is 19.1 Å². The lowest BCUT2D eigenvalue weighted by Crippen LogP contribution is -2.12. The molecule has 0 amide bonds. The van der Waals surface area contributed by atoms with E-state index in [4.69, 9.17) is 0 Å². The maximum absolute atomic E-state index is 12.1. The molecule has 0 bridgehead atoms. The van der Waals surface area contributed by atoms with E-state index in [9.17, 15) is 8.42 Å². The van der Waals surface area contributed by atoms with Gasteiger partial charge in [-0.25, -0.2) is 8.42 Å². The Kier molecular flexibility index (Phi) is 2.95. The molecule has 2 rings (SSSR count). The second-order valence-corrected chi connectivity index (χ2v) is 6.98. The van der Waals surface area contributed by atoms with Crippen molar-refractivity contribution in [3.8, 4) is 0 Å². The van der Waals surface area contributed by atoms with Crippen LogP contribution in [0.2, 0.25) is 0 Å². The smallest absolute Gasteiger partial charge is 0.190 e. The lowest BCUT2D eigenvalue weighted by molar-refractivity contribution is 0.596. The van der Waals surface area contributed by atoms with Crippen molar-refractivity contribution in [1.29, 1.82) is 0 Å². The lowest BCUT2D eigenvalue weighted by Gasteiger charge is -2.09. The van der Waals surface area contributed by atoms with Gasteiger partial charge in [0, 0.05) is 5.39 Å². The van der Waals surface area contributed by atoms with Crippen LogP contribution in [0, 0.1) is 0 Å². The monoisotopic (exact) mass is 252 g/mol. The van der Waals surface area contributed by atoms with Crippen LogP contribution in [0.25, 0.3) is 10.8 Å². The van der Waals surface area contributed by atoms with Crippen LogP contribution in [0.15, 0.2) is 47.4 Å². The predicted octanol–water partition coefficient (Wildman–Crippen LogP) is 2.89. The number of fused-ring (bicyclic) bond motifs is 1. The van der Waals surface area contributed by atoms with Gasteiger partial charge in [-0.05, 0) is 18.4 Å². The fraction of sp³-hybridized carbons (Fsp3) is 0.167. The zero-order valence-corrected chi connectivity index (χ0v) is 10.5. The van der Waals surface area contributed by atoms with Crippen LogP contribution < -0.4 is 0 Å². The molecule has 0 saturated heterocycles. The Morgan fingerprint density at radius 1 is 1.06 bits per heavy atom. The molecule has 1 unspecified atom stereocenters. The summed E-state index contributed by atoms with van der Waals surface area (Å²) in [6.07, 6.45) is 0. The molecule has 0 aromatic heterocycles. The van der Waals surface area contributed by atoms with Crippen molar-refractivity contribution >= 4 is 33.2 Å². The summed E-state index contributed by atoms with van der Waals surface area (Å²) in [4.78, 5) is 0.355. The Bertz CT molecular complexity index is 610. The van der Waals surface area contributed by atoms with Crippen LogP contribution in [0.3, 0.4) is 0 Å². The highest BCUT2D eigenvalue weighted by Crippen LogP contribution is 2.26. The molecule has 16 heavy (non-hydrogen) atoms. The van der Waals surface area contributed by atoms with Crippen molar-refractivity contribution in [3.63, 3.8) is 0 Å². The van der Waals surface area contributed by atoms with E-state index in [1.165, 1.54) is 0 Å². The van der Waals surface area contributed by atoms with Crippen molar-refractivity contribution in [3.05, 3.63) is 42.5 Å². The summed E-state index contributed by atoms with van der Waals surface area (Å²) >= 11 is 4.03. The van der Waals surface area contributed by atoms with Crippen LogP contribution >= 0.6 is 12.6 Å². The average molecular weight is 252 g/mol. The van der Waals surface area contributed by atoms with Crippen LogP contribution in [0.4, 0.5) is 0 Å². The quantitative estimate of drug-likeness (QED) is 0.834. The molecule has 2 aromatic carbocycles. The first kappa shape index (κ1) is 11.5. The van der Waals surface area contributed by atoms with Crippen LogP contribution in [-0.4, -0.2) is 13.0 Å². The summed E-state index contributed by atoms with van der Waals surface area (Å²) < 4.78 is 23.4. The van der Waals surface area contributed by atoms with Gasteiger partial charge in [0.2, 0.25) is 0 Å². The highest BCUT2D eigenvalue weighted by atomic mass is 32.2. The molecule has 84 valence electrons. The molecule has 2 nitrogen and oxygen atoms in total. The minimum absolute atomic E-state index is 0.355. The van der Waals surface area contributed by atoms with Crippen LogP contribution in [0.1, 0.15) is 6.92 Å². The van der Waals surface area contributed by atoms with Gasteiger partial charge in [0.1, 0.15) is 4.58 Å². The minimum atomic E-state index is -3.34. The summed E-state index contributed by atoms with van der Waals surface area (Å²) in [5.74, 6) is 0. The van der Waals surface area contributed by atoms with Crippen molar-refractivity contribution in [2.75, 3.05) is 0 Å². The molecule has 0 heterocycles. The Hall–Kier alpha value is -1.00. The van der Waals surface area contributed by atoms with E-state index in [0.717, 1.165) is 10.8 Å². The van der Waals surface area contributed by atoms with Gasteiger partial charge in [-0.2, -0.15) is 12.6 Å². The Morgan fingerprint density at radius 3 is 2.38 bits per heavy atom. The topological polar surface area (TPSA) is 34.1 Å². The maximum Gasteiger partial charge on any atom is 0.190 e. The van der Waals surface area contributed by atoms with E-state index in [1.807, 2.05) is 30.3 Å². The molecule has 0 radical (unpaired) electrons. The summed E-state index contributed by atoms with van der Waals surface area (Å²) in [5.41, 5.74) is 0. The van der Waals surface area contributed by atoms with E-state index in [-0.39, 0.29) is 0 Å². The van der Waals surface area contributed by atoms with E-state index in [2.05, 4.69) is 12.6 Å². The molecule has 0 aliphatic carbocycles. The molecule has 0 saturated carbocycles. The number of hydrogen-bond acceptors (Lipinski definition) is 3. The zero-order valence-electron chi connectivity index (χ0n) is 8.79. The van der Waals surface area contributed by atoms with Gasteiger partial charge >= 0.3 is 0 Å². The zero-order chi connectivity index (χ0) is 11.8. The normalized spacial score (nSPS) is 13.9. The van der Waals surface area contributed by atoms with Crippen molar-refractivity contribution in [1.82, 2.24) is 0 Å². The Labute approximate surface area is 101 Å². The molecule has 0 aliphatic rings. The molecule has 0 fully saturated rings. The SMILES string of the molecule is CC(S)S(=O)(=O)c1cccc2ccccc12. The summed E-state index contributed by atoms with van der Waals surface area (Å²) in [7, 11) is -3.34. The lowest BCUT2D eigenvalue weighted by atomic mass is 10.1. The van der Waals surface area contributed by atoms with E-state index < -0.39 is 14.4 Å². The average Bonchev–Trinajstić information content (AvgIpc) is 2.28. The molecule has 2 aromatic rings. The van der Waals surface area contributed by atoms with E-state index >= 15 is 0 Å². The summed E-state index contributed by atoms with van der Waals surface area (Å²) in [6, 6.07) is 12.7. The van der Waals surface area contributed by atoms with Gasteiger partial charge < -0.3 is 0 Å². The first-order valence-corrected chi connectivity index (χ1v) is 6.99. The molecule has 1 atom stereocenters. The van der Waals surface area contributed by atoms with Gasteiger partial charge in [0.05, 0.1) is 4.90 Å². The largest absolute Gasteiger partial charge is 0.223 e. The van der Waals surface area contributed by atoms with Gasteiger partial charge in [-0.15, -0.1) is 0 Å². The standard InChI is InChI=1S/C12H12O2S2/c1-9(15)16(13,14)12-8-4-6-10-5-2-3-7-11(10)12/h2-9,15H,1H3. The summed E-state index contributed by atoms with van der Waals surface area (Å²) in [5, 5.41) is 1.68. The predicted molar refractivity (Wildman–Crippen MR) is 69.6 cm³/mol. The molecule has 0 aliphatic heterocycles. The summed E-state index contributed by atoms with van der Waals surface area (Å²) in [6.45, 7) is 1.57. The molecule has 0 spiro atoms. The first-order valence-electron chi connectivity index (χ1n) is 4.93.